The minimum Gasteiger partial charge on any atom is -0.460 e. The molecule has 0 aliphatic heterocycles. The fourth-order valence-electron chi connectivity index (χ4n) is 3.76. The smallest absolute Gasteiger partial charge is 0.330 e. The molecular weight excluding hydrogens is 552 g/mol. The molecule has 232 valence electrons. The van der Waals surface area contributed by atoms with Crippen molar-refractivity contribution in [3.63, 3.8) is 0 Å². The molecule has 1 saturated carbocycles. The Morgan fingerprint density at radius 1 is 0.571 bits per heavy atom. The molecule has 0 atom stereocenters. The fourth-order valence-corrected chi connectivity index (χ4v) is 3.76. The summed E-state index contributed by atoms with van der Waals surface area (Å²) in [5.41, 5.74) is -2.46. The van der Waals surface area contributed by atoms with Crippen molar-refractivity contribution in [2.24, 2.45) is 0 Å². The molecule has 0 bridgehead atoms. The third-order valence-corrected chi connectivity index (χ3v) is 6.03. The molecule has 4 N–H and O–H groups in total. The lowest BCUT2D eigenvalue weighted by atomic mass is 9.91. The van der Waals surface area contributed by atoms with Crippen molar-refractivity contribution in [1.29, 1.82) is 0 Å². The van der Waals surface area contributed by atoms with E-state index in [1.165, 1.54) is 0 Å². The molecule has 1 aliphatic carbocycles. The Kier molecular flexibility index (Phi) is 14.5. The molecule has 1 rings (SSSR count). The van der Waals surface area contributed by atoms with Crippen molar-refractivity contribution in [2.75, 3.05) is 26.4 Å². The number of nitrogens with one attached hydrogen (secondary N) is 4. The third-order valence-electron chi connectivity index (χ3n) is 6.03. The summed E-state index contributed by atoms with van der Waals surface area (Å²) >= 11 is 0. The number of hydrogen-bond acceptors (Lipinski definition) is 10. The highest BCUT2D eigenvalue weighted by molar-refractivity contribution is 5.83. The van der Waals surface area contributed by atoms with Crippen LogP contribution in [0.3, 0.4) is 0 Å². The maximum absolute atomic E-state index is 12.7. The summed E-state index contributed by atoms with van der Waals surface area (Å²) in [4.78, 5) is 71.5. The number of esters is 4. The van der Waals surface area contributed by atoms with E-state index in [1.54, 1.807) is 13.8 Å². The lowest BCUT2D eigenvalue weighted by molar-refractivity contribution is -0.145. The van der Waals surface area contributed by atoms with Gasteiger partial charge in [0.05, 0.1) is 0 Å². The van der Waals surface area contributed by atoms with Gasteiger partial charge in [-0.2, -0.15) is 0 Å². The fraction of sp³-hybridized carbons (Fsp3) is 0.500. The average Bonchev–Trinajstić information content (AvgIpc) is 2.97. The molecule has 14 heteroatoms. The van der Waals surface area contributed by atoms with E-state index in [9.17, 15) is 28.8 Å². The zero-order chi connectivity index (χ0) is 31.8. The molecule has 42 heavy (non-hydrogen) atoms. The van der Waals surface area contributed by atoms with Gasteiger partial charge in [-0.25, -0.2) is 28.8 Å². The van der Waals surface area contributed by atoms with Crippen LogP contribution in [0.4, 0.5) is 9.59 Å². The number of amides is 4. The first-order valence-corrected chi connectivity index (χ1v) is 13.1. The quantitative estimate of drug-likeness (QED) is 0.116. The van der Waals surface area contributed by atoms with Gasteiger partial charge in [0.2, 0.25) is 0 Å². The molecule has 4 amide bonds. The van der Waals surface area contributed by atoms with Crippen LogP contribution < -0.4 is 21.3 Å². The second-order valence-corrected chi connectivity index (χ2v) is 10.1. The molecule has 0 unspecified atom stereocenters. The summed E-state index contributed by atoms with van der Waals surface area (Å²) in [6.07, 6.45) is 6.04. The first kappa shape index (κ1) is 35.4. The highest BCUT2D eigenvalue weighted by Gasteiger charge is 2.33. The van der Waals surface area contributed by atoms with Crippen LogP contribution in [0.5, 0.6) is 0 Å². The lowest BCUT2D eigenvalue weighted by Gasteiger charge is -2.34. The molecule has 14 nitrogen and oxygen atoms in total. The van der Waals surface area contributed by atoms with E-state index in [0.717, 1.165) is 24.3 Å². The average molecular weight is 593 g/mol. The number of urea groups is 2. The van der Waals surface area contributed by atoms with E-state index in [-0.39, 0.29) is 38.5 Å². The van der Waals surface area contributed by atoms with Gasteiger partial charge in [-0.1, -0.05) is 26.3 Å². The van der Waals surface area contributed by atoms with Crippen LogP contribution in [0.1, 0.15) is 39.5 Å². The Balaban J connectivity index is 2.65. The van der Waals surface area contributed by atoms with Gasteiger partial charge in [-0.15, -0.1) is 0 Å². The summed E-state index contributed by atoms with van der Waals surface area (Å²) < 4.78 is 20.2. The van der Waals surface area contributed by atoms with Crippen molar-refractivity contribution in [3.8, 4) is 0 Å². The summed E-state index contributed by atoms with van der Waals surface area (Å²) in [6.45, 7) is 15.3. The number of ether oxygens (including phenoxy) is 4. The third kappa shape index (κ3) is 13.6. The Hall–Kier alpha value is -4.62. The molecule has 1 fully saturated rings. The largest absolute Gasteiger partial charge is 0.460 e. The van der Waals surface area contributed by atoms with Gasteiger partial charge in [-0.3, -0.25) is 0 Å². The van der Waals surface area contributed by atoms with Crippen LogP contribution in [0, 0.1) is 0 Å². The van der Waals surface area contributed by atoms with E-state index < -0.39 is 47.0 Å². The van der Waals surface area contributed by atoms with Gasteiger partial charge in [0.25, 0.3) is 0 Å². The number of carbonyl (C=O) groups is 6. The first-order chi connectivity index (χ1) is 19.8. The molecule has 0 radical (unpaired) electrons. The van der Waals surface area contributed by atoms with Crippen molar-refractivity contribution in [2.45, 2.75) is 62.7 Å². The molecule has 1 aliphatic rings. The van der Waals surface area contributed by atoms with Gasteiger partial charge in [0.1, 0.15) is 37.5 Å². The van der Waals surface area contributed by atoms with Gasteiger partial charge in [0.15, 0.2) is 0 Å². The summed E-state index contributed by atoms with van der Waals surface area (Å²) in [5.74, 6) is -2.82. The van der Waals surface area contributed by atoms with Crippen molar-refractivity contribution in [3.05, 3.63) is 50.6 Å². The minimum absolute atomic E-state index is 0.219. The summed E-state index contributed by atoms with van der Waals surface area (Å²) in [7, 11) is 0. The standard InChI is InChI=1S/C28H40N4O10/c1-7-21(33)39-15-27(5,16-40-22(34)8-2)31-25(37)29-19-11-13-20(14-12-19)30-26(38)32-28(6,17-41-23(35)9-3)18-42-24(36)10-4/h7-10,19-20H,1-4,11-18H2,5-6H3,(H2,29,31,37)(H2,30,32,38). The Labute approximate surface area is 244 Å². The van der Waals surface area contributed by atoms with Gasteiger partial charge in [0, 0.05) is 36.4 Å². The van der Waals surface area contributed by atoms with Crippen LogP contribution in [-0.2, 0) is 38.1 Å². The molecule has 0 aromatic carbocycles. The van der Waals surface area contributed by atoms with E-state index in [1.807, 2.05) is 0 Å². The first-order valence-electron chi connectivity index (χ1n) is 13.1. The van der Waals surface area contributed by atoms with Crippen molar-refractivity contribution < 1.29 is 47.7 Å². The van der Waals surface area contributed by atoms with E-state index in [4.69, 9.17) is 18.9 Å². The number of rotatable bonds is 16. The summed E-state index contributed by atoms with van der Waals surface area (Å²) in [6, 6.07) is -1.56. The second kappa shape index (κ2) is 17.3. The molecule has 0 spiro atoms. The predicted molar refractivity (Wildman–Crippen MR) is 151 cm³/mol. The van der Waals surface area contributed by atoms with E-state index in [2.05, 4.69) is 47.6 Å². The molecule has 0 aromatic heterocycles. The zero-order valence-corrected chi connectivity index (χ0v) is 24.0. The summed E-state index contributed by atoms with van der Waals surface area (Å²) in [5, 5.41) is 11.0. The zero-order valence-electron chi connectivity index (χ0n) is 24.0. The maximum Gasteiger partial charge on any atom is 0.330 e. The molecule has 0 saturated heterocycles. The molecule has 0 heterocycles. The highest BCUT2D eigenvalue weighted by atomic mass is 16.6. The highest BCUT2D eigenvalue weighted by Crippen LogP contribution is 2.19. The van der Waals surface area contributed by atoms with Gasteiger partial charge < -0.3 is 40.2 Å². The predicted octanol–water partition coefficient (Wildman–Crippen LogP) is 1.33. The van der Waals surface area contributed by atoms with E-state index >= 15 is 0 Å². The van der Waals surface area contributed by atoms with Crippen LogP contribution in [0.2, 0.25) is 0 Å². The van der Waals surface area contributed by atoms with Crippen LogP contribution in [-0.4, -0.2) is 85.5 Å². The second-order valence-electron chi connectivity index (χ2n) is 10.1. The number of hydrogen-bond donors (Lipinski definition) is 4. The van der Waals surface area contributed by atoms with Crippen LogP contribution in [0.25, 0.3) is 0 Å². The monoisotopic (exact) mass is 592 g/mol. The normalized spacial score (nSPS) is 16.3. The maximum atomic E-state index is 12.7. The van der Waals surface area contributed by atoms with E-state index in [0.29, 0.717) is 25.7 Å². The lowest BCUT2D eigenvalue weighted by Crippen LogP contribution is -2.59. The minimum atomic E-state index is -1.23. The Morgan fingerprint density at radius 3 is 1.02 bits per heavy atom. The SMILES string of the molecule is C=CC(=O)OCC(C)(COC(=O)C=C)NC(=O)NC1CCC(NC(=O)NC(C)(COC(=O)C=C)COC(=O)C=C)CC1. The number of carbonyl (C=O) groups excluding carboxylic acids is 6. The Bertz CT molecular complexity index is 919. The van der Waals surface area contributed by atoms with Gasteiger partial charge >= 0.3 is 35.9 Å². The molecular formula is C28H40N4O10. The van der Waals surface area contributed by atoms with Crippen LogP contribution in [0.15, 0.2) is 50.6 Å². The van der Waals surface area contributed by atoms with Crippen molar-refractivity contribution >= 4 is 35.9 Å². The Morgan fingerprint density at radius 2 is 0.810 bits per heavy atom. The van der Waals surface area contributed by atoms with Crippen molar-refractivity contribution in [1.82, 2.24) is 21.3 Å². The van der Waals surface area contributed by atoms with Gasteiger partial charge in [-0.05, 0) is 39.5 Å². The topological polar surface area (TPSA) is 187 Å². The van der Waals surface area contributed by atoms with Crippen LogP contribution >= 0.6 is 0 Å². The molecule has 0 aromatic rings.